The molecule has 3 aromatic rings. The van der Waals surface area contributed by atoms with Crippen molar-refractivity contribution < 1.29 is 23.9 Å². The monoisotopic (exact) mass is 600 g/mol. The molecule has 190 valence electrons. The molecule has 0 radical (unpaired) electrons. The van der Waals surface area contributed by atoms with Crippen LogP contribution >= 0.6 is 39.3 Å². The lowest BCUT2D eigenvalue weighted by molar-refractivity contribution is -0.123. The molecule has 0 unspecified atom stereocenters. The zero-order valence-corrected chi connectivity index (χ0v) is 23.1. The normalized spacial score (nSPS) is 14.3. The van der Waals surface area contributed by atoms with Gasteiger partial charge in [0.15, 0.2) is 18.1 Å². The number of anilines is 1. The molecular weight excluding hydrogens is 580 g/mol. The van der Waals surface area contributed by atoms with Crippen molar-refractivity contribution in [3.63, 3.8) is 0 Å². The quantitative estimate of drug-likeness (QED) is 0.290. The first-order chi connectivity index (χ1) is 17.7. The van der Waals surface area contributed by atoms with Gasteiger partial charge in [0.1, 0.15) is 0 Å². The van der Waals surface area contributed by atoms with E-state index in [2.05, 4.69) is 21.2 Å². The molecule has 0 aliphatic carbocycles. The topological polar surface area (TPSA) is 84.9 Å². The SMILES string of the molecule is COc1cc(/C=C2/SC(=O)N(Cc3ccc(Cl)cc3)C2=O)c(Br)cc1OCC(=O)Nc1ccc(C)cc1. The van der Waals surface area contributed by atoms with Crippen molar-refractivity contribution in [1.29, 1.82) is 0 Å². The second-order valence-electron chi connectivity index (χ2n) is 8.12. The maximum Gasteiger partial charge on any atom is 0.293 e. The van der Waals surface area contributed by atoms with Crippen LogP contribution < -0.4 is 14.8 Å². The third kappa shape index (κ3) is 6.74. The average molecular weight is 602 g/mol. The van der Waals surface area contributed by atoms with Gasteiger partial charge in [-0.25, -0.2) is 0 Å². The second kappa shape index (κ2) is 11.9. The minimum absolute atomic E-state index is 0.154. The van der Waals surface area contributed by atoms with Crippen LogP contribution in [0.5, 0.6) is 11.5 Å². The highest BCUT2D eigenvalue weighted by atomic mass is 79.9. The van der Waals surface area contributed by atoms with Gasteiger partial charge in [-0.3, -0.25) is 19.3 Å². The fourth-order valence-corrected chi connectivity index (χ4v) is 4.85. The Labute approximate surface area is 231 Å². The molecule has 1 aliphatic heterocycles. The lowest BCUT2D eigenvalue weighted by atomic mass is 10.1. The Morgan fingerprint density at radius 3 is 2.46 bits per heavy atom. The molecule has 37 heavy (non-hydrogen) atoms. The van der Waals surface area contributed by atoms with Crippen molar-refractivity contribution in [2.45, 2.75) is 13.5 Å². The molecule has 1 aliphatic rings. The van der Waals surface area contributed by atoms with Crippen LogP contribution in [0.1, 0.15) is 16.7 Å². The highest BCUT2D eigenvalue weighted by Crippen LogP contribution is 2.38. The van der Waals surface area contributed by atoms with Gasteiger partial charge in [-0.2, -0.15) is 0 Å². The molecule has 1 N–H and O–H groups in total. The number of carbonyl (C=O) groups excluding carboxylic acids is 3. The molecule has 0 bridgehead atoms. The number of thioether (sulfide) groups is 1. The van der Waals surface area contributed by atoms with Crippen molar-refractivity contribution in [3.05, 3.63) is 91.8 Å². The largest absolute Gasteiger partial charge is 0.493 e. The van der Waals surface area contributed by atoms with Gasteiger partial charge in [0, 0.05) is 15.2 Å². The molecule has 1 fully saturated rings. The van der Waals surface area contributed by atoms with Crippen molar-refractivity contribution >= 4 is 68.1 Å². The van der Waals surface area contributed by atoms with Crippen LogP contribution in [0.4, 0.5) is 10.5 Å². The van der Waals surface area contributed by atoms with E-state index in [0.717, 1.165) is 22.9 Å². The number of amides is 3. The van der Waals surface area contributed by atoms with Crippen LogP contribution in [0.3, 0.4) is 0 Å². The second-order valence-corrected chi connectivity index (χ2v) is 10.4. The lowest BCUT2D eigenvalue weighted by Gasteiger charge is -2.13. The van der Waals surface area contributed by atoms with Crippen molar-refractivity contribution in [2.75, 3.05) is 19.0 Å². The van der Waals surface area contributed by atoms with Crippen LogP contribution in [-0.4, -0.2) is 35.7 Å². The van der Waals surface area contributed by atoms with Crippen molar-refractivity contribution in [1.82, 2.24) is 4.90 Å². The van der Waals surface area contributed by atoms with E-state index in [-0.39, 0.29) is 35.1 Å². The summed E-state index contributed by atoms with van der Waals surface area (Å²) < 4.78 is 11.7. The molecule has 0 spiro atoms. The van der Waals surface area contributed by atoms with Gasteiger partial charge in [-0.05, 0) is 72.3 Å². The molecule has 3 amide bonds. The zero-order chi connectivity index (χ0) is 26.5. The highest BCUT2D eigenvalue weighted by molar-refractivity contribution is 9.10. The van der Waals surface area contributed by atoms with E-state index in [9.17, 15) is 14.4 Å². The Kier molecular flexibility index (Phi) is 8.58. The third-order valence-electron chi connectivity index (χ3n) is 5.39. The van der Waals surface area contributed by atoms with Crippen LogP contribution in [0, 0.1) is 6.92 Å². The predicted molar refractivity (Wildman–Crippen MR) is 149 cm³/mol. The summed E-state index contributed by atoms with van der Waals surface area (Å²) in [6, 6.07) is 17.7. The molecule has 0 atom stereocenters. The fraction of sp³-hybridized carbons (Fsp3) is 0.148. The van der Waals surface area contributed by atoms with Gasteiger partial charge in [0.05, 0.1) is 18.6 Å². The number of halogens is 2. The van der Waals surface area contributed by atoms with E-state index in [4.69, 9.17) is 21.1 Å². The summed E-state index contributed by atoms with van der Waals surface area (Å²) in [7, 11) is 1.48. The van der Waals surface area contributed by atoms with Crippen LogP contribution in [0.25, 0.3) is 6.08 Å². The van der Waals surface area contributed by atoms with Crippen LogP contribution in [0.15, 0.2) is 70.0 Å². The van der Waals surface area contributed by atoms with E-state index in [1.165, 1.54) is 12.0 Å². The van der Waals surface area contributed by atoms with Gasteiger partial charge in [-0.15, -0.1) is 0 Å². The van der Waals surface area contributed by atoms with Gasteiger partial charge in [-0.1, -0.05) is 57.4 Å². The third-order valence-corrected chi connectivity index (χ3v) is 7.24. The summed E-state index contributed by atoms with van der Waals surface area (Å²) in [6.45, 7) is 1.90. The maximum atomic E-state index is 12.9. The summed E-state index contributed by atoms with van der Waals surface area (Å²) >= 11 is 10.3. The summed E-state index contributed by atoms with van der Waals surface area (Å²) in [5.41, 5.74) is 3.18. The highest BCUT2D eigenvalue weighted by Gasteiger charge is 2.35. The summed E-state index contributed by atoms with van der Waals surface area (Å²) in [5.74, 6) is 0.0174. The molecule has 7 nitrogen and oxygen atoms in total. The predicted octanol–water partition coefficient (Wildman–Crippen LogP) is 6.67. The van der Waals surface area contributed by atoms with Crippen molar-refractivity contribution in [3.8, 4) is 11.5 Å². The van der Waals surface area contributed by atoms with E-state index in [0.29, 0.717) is 32.2 Å². The number of hydrogen-bond donors (Lipinski definition) is 1. The van der Waals surface area contributed by atoms with E-state index in [1.807, 2.05) is 31.2 Å². The first-order valence-electron chi connectivity index (χ1n) is 11.1. The minimum Gasteiger partial charge on any atom is -0.493 e. The lowest BCUT2D eigenvalue weighted by Crippen LogP contribution is -2.27. The summed E-state index contributed by atoms with van der Waals surface area (Å²) in [4.78, 5) is 39.3. The molecule has 0 saturated carbocycles. The van der Waals surface area contributed by atoms with Gasteiger partial charge in [0.2, 0.25) is 0 Å². The van der Waals surface area contributed by atoms with E-state index < -0.39 is 0 Å². The zero-order valence-electron chi connectivity index (χ0n) is 19.9. The van der Waals surface area contributed by atoms with Gasteiger partial charge < -0.3 is 14.8 Å². The van der Waals surface area contributed by atoms with E-state index in [1.54, 1.807) is 42.5 Å². The Morgan fingerprint density at radius 1 is 1.08 bits per heavy atom. The standard InChI is InChI=1S/C27H22BrClN2O5S/c1-16-3-9-20(10-4-16)30-25(32)15-36-23-13-21(28)18(11-22(23)35-2)12-24-26(33)31(27(34)37-24)14-17-5-7-19(29)8-6-17/h3-13H,14-15H2,1-2H3,(H,30,32)/b24-12+. The molecule has 10 heteroatoms. The van der Waals surface area contributed by atoms with Gasteiger partial charge >= 0.3 is 0 Å². The van der Waals surface area contributed by atoms with Gasteiger partial charge in [0.25, 0.3) is 17.1 Å². The molecule has 0 aromatic heterocycles. The molecule has 1 heterocycles. The number of nitrogens with one attached hydrogen (secondary N) is 1. The number of benzene rings is 3. The van der Waals surface area contributed by atoms with Crippen LogP contribution in [-0.2, 0) is 16.1 Å². The van der Waals surface area contributed by atoms with Crippen molar-refractivity contribution in [2.24, 2.45) is 0 Å². The minimum atomic E-state index is -0.385. The number of ether oxygens (including phenoxy) is 2. The van der Waals surface area contributed by atoms with Crippen LogP contribution in [0.2, 0.25) is 5.02 Å². The Morgan fingerprint density at radius 2 is 1.78 bits per heavy atom. The smallest absolute Gasteiger partial charge is 0.293 e. The Balaban J connectivity index is 1.46. The Hall–Kier alpha value is -3.27. The maximum absolute atomic E-state index is 12.9. The first-order valence-corrected chi connectivity index (χ1v) is 13.1. The number of imide groups is 1. The molecule has 1 saturated heterocycles. The van der Waals surface area contributed by atoms with E-state index >= 15 is 0 Å². The number of aryl methyl sites for hydroxylation is 1. The molecule has 3 aromatic carbocycles. The fourth-order valence-electron chi connectivity index (χ4n) is 3.46. The number of nitrogens with zero attached hydrogens (tertiary/aromatic N) is 1. The number of carbonyl (C=O) groups is 3. The first kappa shape index (κ1) is 26.8. The number of rotatable bonds is 8. The summed E-state index contributed by atoms with van der Waals surface area (Å²) in [5, 5.41) is 3.00. The summed E-state index contributed by atoms with van der Waals surface area (Å²) in [6.07, 6.45) is 1.62. The average Bonchev–Trinajstić information content (AvgIpc) is 3.14. The number of methoxy groups -OCH3 is 1. The molecule has 4 rings (SSSR count). The number of hydrogen-bond acceptors (Lipinski definition) is 6. The Bertz CT molecular complexity index is 1380. The molecular formula is C27H22BrClN2O5S.